The van der Waals surface area contributed by atoms with Gasteiger partial charge in [-0.2, -0.15) is 0 Å². The molecule has 2 rings (SSSR count). The maximum Gasteiger partial charge on any atom is 0.300 e. The van der Waals surface area contributed by atoms with Crippen molar-refractivity contribution in [3.63, 3.8) is 0 Å². The Balaban J connectivity index is 2.17. The molecule has 8 nitrogen and oxygen atoms in total. The highest BCUT2D eigenvalue weighted by molar-refractivity contribution is 7.80. The van der Waals surface area contributed by atoms with Gasteiger partial charge in [-0.15, -0.1) is 0 Å². The van der Waals surface area contributed by atoms with Gasteiger partial charge in [0.1, 0.15) is 0 Å². The number of thiocarbonyl (C=S) groups is 1. The number of nitro groups is 1. The Bertz CT molecular complexity index is 714. The lowest BCUT2D eigenvalue weighted by Crippen LogP contribution is -2.32. The summed E-state index contributed by atoms with van der Waals surface area (Å²) in [6, 6.07) is 3.08. The van der Waals surface area contributed by atoms with Crippen molar-refractivity contribution in [1.29, 1.82) is 0 Å². The molecule has 9 heteroatoms. The Morgan fingerprint density at radius 1 is 1.30 bits per heavy atom. The number of hydrogen-bond donors (Lipinski definition) is 0. The topological polar surface area (TPSA) is 88.5 Å². The second kappa shape index (κ2) is 7.32. The highest BCUT2D eigenvalue weighted by Gasteiger charge is 2.21. The number of aromatic nitrogens is 2. The maximum atomic E-state index is 11.0. The van der Waals surface area contributed by atoms with Crippen LogP contribution in [0.1, 0.15) is 20.3 Å². The molecule has 124 valence electrons. The Morgan fingerprint density at radius 2 is 1.96 bits per heavy atom. The fourth-order valence-electron chi connectivity index (χ4n) is 2.41. The van der Waals surface area contributed by atoms with Gasteiger partial charge in [0, 0.05) is 39.2 Å². The van der Waals surface area contributed by atoms with E-state index in [-0.39, 0.29) is 11.2 Å². The molecule has 0 aliphatic rings. The van der Waals surface area contributed by atoms with Crippen LogP contribution in [-0.4, -0.2) is 51.8 Å². The van der Waals surface area contributed by atoms with Gasteiger partial charge in [-0.3, -0.25) is 10.1 Å². The fourth-order valence-corrected chi connectivity index (χ4v) is 2.76. The maximum absolute atomic E-state index is 11.0. The largest absolute Gasteiger partial charge is 0.372 e. The van der Waals surface area contributed by atoms with Gasteiger partial charge in [0.2, 0.25) is 5.52 Å². The number of non-ortho nitro benzene ring substituents is 1. The molecular formula is C14H19N5O3S. The summed E-state index contributed by atoms with van der Waals surface area (Å²) in [6.07, 6.45) is 0.720. The molecule has 1 heterocycles. The molecule has 1 aromatic heterocycles. The lowest BCUT2D eigenvalue weighted by molar-refractivity contribution is -0.383. The lowest BCUT2D eigenvalue weighted by Gasteiger charge is -2.24. The van der Waals surface area contributed by atoms with Gasteiger partial charge >= 0.3 is 5.69 Å². The van der Waals surface area contributed by atoms with Crippen molar-refractivity contribution in [3.05, 3.63) is 22.2 Å². The summed E-state index contributed by atoms with van der Waals surface area (Å²) in [6.45, 7) is 6.58. The van der Waals surface area contributed by atoms with Crippen LogP contribution >= 0.6 is 12.2 Å². The average molecular weight is 337 g/mol. The van der Waals surface area contributed by atoms with Crippen molar-refractivity contribution in [2.75, 3.05) is 31.6 Å². The van der Waals surface area contributed by atoms with Crippen molar-refractivity contribution >= 4 is 39.6 Å². The summed E-state index contributed by atoms with van der Waals surface area (Å²) in [5, 5.41) is 18.5. The van der Waals surface area contributed by atoms with Crippen LogP contribution in [0.15, 0.2) is 16.8 Å². The zero-order valence-corrected chi connectivity index (χ0v) is 14.2. The molecule has 0 atom stereocenters. The van der Waals surface area contributed by atoms with Crippen LogP contribution in [0.2, 0.25) is 0 Å². The zero-order chi connectivity index (χ0) is 17.0. The molecule has 1 aromatic carbocycles. The molecule has 0 radical (unpaired) electrons. The molecule has 0 amide bonds. The van der Waals surface area contributed by atoms with Crippen molar-refractivity contribution in [1.82, 2.24) is 15.2 Å². The SMILES string of the molecule is CCN(CC)C(=S)CCN(C)c1ccc([N+](=O)[O-])c2nonc12. The Morgan fingerprint density at radius 3 is 2.57 bits per heavy atom. The number of rotatable bonds is 7. The monoisotopic (exact) mass is 337 g/mol. The standard InChI is InChI=1S/C14H19N5O3S/c1-4-18(5-2)12(23)8-9-17(3)10-6-7-11(19(20)21)14-13(10)15-22-16-14/h6-7H,4-5,8-9H2,1-3H3. The number of benzene rings is 1. The van der Waals surface area contributed by atoms with Crippen LogP contribution in [0.4, 0.5) is 11.4 Å². The average Bonchev–Trinajstić information content (AvgIpc) is 3.02. The van der Waals surface area contributed by atoms with Crippen LogP contribution < -0.4 is 4.90 Å². The smallest absolute Gasteiger partial charge is 0.300 e. The van der Waals surface area contributed by atoms with Crippen LogP contribution in [0.25, 0.3) is 11.0 Å². The van der Waals surface area contributed by atoms with Crippen molar-refractivity contribution < 1.29 is 9.55 Å². The molecule has 0 aliphatic carbocycles. The normalized spacial score (nSPS) is 10.7. The molecule has 0 bridgehead atoms. The van der Waals surface area contributed by atoms with E-state index in [1.807, 2.05) is 11.9 Å². The third kappa shape index (κ3) is 3.55. The van der Waals surface area contributed by atoms with Crippen LogP contribution in [0, 0.1) is 10.1 Å². The van der Waals surface area contributed by atoms with E-state index in [1.54, 1.807) is 6.07 Å². The highest BCUT2D eigenvalue weighted by Crippen LogP contribution is 2.30. The minimum absolute atomic E-state index is 0.114. The third-order valence-corrected chi connectivity index (χ3v) is 4.22. The van der Waals surface area contributed by atoms with E-state index >= 15 is 0 Å². The number of anilines is 1. The van der Waals surface area contributed by atoms with Crippen LogP contribution in [0.5, 0.6) is 0 Å². The predicted octanol–water partition coefficient (Wildman–Crippen LogP) is 2.63. The molecular weight excluding hydrogens is 318 g/mol. The predicted molar refractivity (Wildman–Crippen MR) is 91.9 cm³/mol. The summed E-state index contributed by atoms with van der Waals surface area (Å²) in [5.74, 6) is 0. The molecule has 0 aliphatic heterocycles. The fraction of sp³-hybridized carbons (Fsp3) is 0.500. The van der Waals surface area contributed by atoms with Gasteiger partial charge in [-0.05, 0) is 30.2 Å². The van der Waals surface area contributed by atoms with Gasteiger partial charge in [0.15, 0.2) is 5.52 Å². The quantitative estimate of drug-likeness (QED) is 0.433. The van der Waals surface area contributed by atoms with E-state index in [0.29, 0.717) is 12.1 Å². The van der Waals surface area contributed by atoms with Crippen molar-refractivity contribution in [2.45, 2.75) is 20.3 Å². The minimum atomic E-state index is -0.494. The Kier molecular flexibility index (Phi) is 5.43. The van der Waals surface area contributed by atoms with E-state index in [4.69, 9.17) is 12.2 Å². The highest BCUT2D eigenvalue weighted by atomic mass is 32.1. The first kappa shape index (κ1) is 17.1. The number of nitro benzene ring substituents is 1. The lowest BCUT2D eigenvalue weighted by atomic mass is 10.2. The summed E-state index contributed by atoms with van der Waals surface area (Å²) in [5.41, 5.74) is 1.16. The summed E-state index contributed by atoms with van der Waals surface area (Å²) in [7, 11) is 1.89. The number of hydrogen-bond acceptors (Lipinski definition) is 7. The molecule has 0 spiro atoms. The van der Waals surface area contributed by atoms with Crippen molar-refractivity contribution in [2.24, 2.45) is 0 Å². The van der Waals surface area contributed by atoms with Gasteiger partial charge in [-0.1, -0.05) is 12.2 Å². The molecule has 0 saturated heterocycles. The minimum Gasteiger partial charge on any atom is -0.372 e. The summed E-state index contributed by atoms with van der Waals surface area (Å²) in [4.78, 5) is 15.5. The van der Waals surface area contributed by atoms with Gasteiger partial charge in [0.05, 0.1) is 15.6 Å². The molecule has 0 N–H and O–H groups in total. The zero-order valence-electron chi connectivity index (χ0n) is 13.4. The molecule has 0 unspecified atom stereocenters. The molecule has 0 fully saturated rings. The first-order chi connectivity index (χ1) is 11.0. The van der Waals surface area contributed by atoms with Crippen LogP contribution in [-0.2, 0) is 0 Å². The summed E-state index contributed by atoms with van der Waals surface area (Å²) >= 11 is 5.44. The van der Waals surface area contributed by atoms with E-state index in [9.17, 15) is 10.1 Å². The Hall–Kier alpha value is -2.29. The first-order valence-electron chi connectivity index (χ1n) is 7.38. The number of fused-ring (bicyclic) bond motifs is 1. The van der Waals surface area contributed by atoms with E-state index in [2.05, 4.69) is 33.7 Å². The van der Waals surface area contributed by atoms with E-state index < -0.39 is 4.92 Å². The number of nitrogens with zero attached hydrogens (tertiary/aromatic N) is 5. The van der Waals surface area contributed by atoms with Gasteiger partial charge in [0.25, 0.3) is 0 Å². The summed E-state index contributed by atoms with van der Waals surface area (Å²) < 4.78 is 4.68. The van der Waals surface area contributed by atoms with E-state index in [0.717, 1.165) is 30.2 Å². The van der Waals surface area contributed by atoms with E-state index in [1.165, 1.54) is 6.07 Å². The third-order valence-electron chi connectivity index (χ3n) is 3.76. The molecule has 0 saturated carbocycles. The first-order valence-corrected chi connectivity index (χ1v) is 7.79. The second-order valence-corrected chi connectivity index (χ2v) is 5.53. The molecule has 2 aromatic rings. The van der Waals surface area contributed by atoms with Crippen LogP contribution in [0.3, 0.4) is 0 Å². The Labute approximate surface area is 139 Å². The van der Waals surface area contributed by atoms with Crippen molar-refractivity contribution in [3.8, 4) is 0 Å². The molecule has 23 heavy (non-hydrogen) atoms. The second-order valence-electron chi connectivity index (χ2n) is 5.06. The van der Waals surface area contributed by atoms with Gasteiger partial charge < -0.3 is 9.80 Å². The van der Waals surface area contributed by atoms with Gasteiger partial charge in [-0.25, -0.2) is 4.63 Å².